The number of nitrogens with one attached hydrogen (secondary N) is 1. The van der Waals surface area contributed by atoms with E-state index in [1.165, 1.54) is 12.6 Å². The molecule has 5 N–H and O–H groups in total. The standard InChI is InChI=1S/C18H21N3O3.C5H14N/c1-9-6-4-5-7-10(2)17(23)14-13(16(9)22)12(21-3)8-11(15(14)19)18(20)24;1-5-6(2,3)4/h4-10,21H,19H2,1-3H3,(H2,20,24);5H2,1-4H3/q;+1/b6-4-,7-5-;. The van der Waals surface area contributed by atoms with Gasteiger partial charge in [-0.1, -0.05) is 38.2 Å². The Morgan fingerprint density at radius 1 is 1.03 bits per heavy atom. The largest absolute Gasteiger partial charge is 0.397 e. The molecular weight excluding hydrogens is 380 g/mol. The smallest absolute Gasteiger partial charge is 0.250 e. The van der Waals surface area contributed by atoms with Crippen LogP contribution in [0.1, 0.15) is 51.8 Å². The number of hydrogen-bond acceptors (Lipinski definition) is 5. The van der Waals surface area contributed by atoms with Crippen molar-refractivity contribution in [2.45, 2.75) is 20.8 Å². The zero-order valence-electron chi connectivity index (χ0n) is 19.1. The maximum absolute atomic E-state index is 12.9. The third kappa shape index (κ3) is 6.03. The molecule has 1 aliphatic carbocycles. The predicted octanol–water partition coefficient (Wildman–Crippen LogP) is 2.89. The maximum Gasteiger partial charge on any atom is 0.250 e. The number of primary amides is 1. The highest BCUT2D eigenvalue weighted by molar-refractivity contribution is 6.19. The monoisotopic (exact) mass is 415 g/mol. The first-order valence-corrected chi connectivity index (χ1v) is 10.0. The number of benzene rings is 1. The number of fused-ring (bicyclic) bond motifs is 1. The fourth-order valence-electron chi connectivity index (χ4n) is 2.70. The number of quaternary nitrogens is 1. The maximum atomic E-state index is 12.9. The summed E-state index contributed by atoms with van der Waals surface area (Å²) in [5.74, 6) is -2.26. The van der Waals surface area contributed by atoms with Gasteiger partial charge in [0, 0.05) is 24.6 Å². The summed E-state index contributed by atoms with van der Waals surface area (Å²) in [6.07, 6.45) is 6.95. The van der Waals surface area contributed by atoms with E-state index in [1.807, 2.05) is 0 Å². The molecule has 164 valence electrons. The van der Waals surface area contributed by atoms with Crippen molar-refractivity contribution in [1.82, 2.24) is 0 Å². The molecule has 1 aromatic carbocycles. The van der Waals surface area contributed by atoms with Crippen molar-refractivity contribution in [3.8, 4) is 0 Å². The predicted molar refractivity (Wildman–Crippen MR) is 123 cm³/mol. The van der Waals surface area contributed by atoms with Gasteiger partial charge in [-0.15, -0.1) is 0 Å². The fourth-order valence-corrected chi connectivity index (χ4v) is 2.70. The van der Waals surface area contributed by atoms with E-state index < -0.39 is 17.7 Å². The lowest BCUT2D eigenvalue weighted by molar-refractivity contribution is -0.868. The van der Waals surface area contributed by atoms with Crippen LogP contribution in [-0.4, -0.2) is 56.7 Å². The minimum atomic E-state index is -0.750. The lowest BCUT2D eigenvalue weighted by atomic mass is 9.84. The highest BCUT2D eigenvalue weighted by Gasteiger charge is 2.30. The Bertz CT molecular complexity index is 879. The van der Waals surface area contributed by atoms with Crippen LogP contribution in [0.4, 0.5) is 11.4 Å². The van der Waals surface area contributed by atoms with E-state index in [2.05, 4.69) is 33.4 Å². The van der Waals surface area contributed by atoms with Crippen LogP contribution in [0.5, 0.6) is 0 Å². The molecule has 2 rings (SSSR count). The van der Waals surface area contributed by atoms with Crippen molar-refractivity contribution in [2.75, 3.05) is 45.8 Å². The molecule has 0 spiro atoms. The summed E-state index contributed by atoms with van der Waals surface area (Å²) in [7, 11) is 8.15. The second kappa shape index (κ2) is 10.2. The number of Topliss-reactive ketones (excluding diaryl/α,β-unsaturated/α-hetero) is 2. The first-order valence-electron chi connectivity index (χ1n) is 10.0. The van der Waals surface area contributed by atoms with Crippen LogP contribution < -0.4 is 16.8 Å². The summed E-state index contributed by atoms with van der Waals surface area (Å²) < 4.78 is 1.07. The number of hydrogen-bond donors (Lipinski definition) is 3. The third-order valence-corrected chi connectivity index (χ3v) is 5.08. The number of carbonyl (C=O) groups excluding carboxylic acids is 3. The molecule has 0 heterocycles. The molecule has 1 aromatic rings. The third-order valence-electron chi connectivity index (χ3n) is 5.08. The van der Waals surface area contributed by atoms with E-state index in [1.54, 1.807) is 45.2 Å². The molecule has 30 heavy (non-hydrogen) atoms. The van der Waals surface area contributed by atoms with Crippen LogP contribution >= 0.6 is 0 Å². The number of nitrogens with zero attached hydrogens (tertiary/aromatic N) is 1. The number of ketones is 2. The molecule has 7 nitrogen and oxygen atoms in total. The first-order chi connectivity index (χ1) is 13.9. The molecule has 0 saturated carbocycles. The van der Waals surface area contributed by atoms with Crippen molar-refractivity contribution >= 4 is 28.8 Å². The van der Waals surface area contributed by atoms with E-state index in [0.717, 1.165) is 4.48 Å². The highest BCUT2D eigenvalue weighted by atomic mass is 16.1. The van der Waals surface area contributed by atoms with Gasteiger partial charge in [-0.25, -0.2) is 0 Å². The zero-order chi connectivity index (χ0) is 23.2. The molecule has 0 aliphatic heterocycles. The minimum absolute atomic E-state index is 0.0238. The fraction of sp³-hybridized carbons (Fsp3) is 0.435. The summed E-state index contributed by atoms with van der Waals surface area (Å²) >= 11 is 0. The Kier molecular flexibility index (Phi) is 8.54. The highest BCUT2D eigenvalue weighted by Crippen LogP contribution is 2.33. The van der Waals surface area contributed by atoms with E-state index in [0.29, 0.717) is 5.69 Å². The van der Waals surface area contributed by atoms with Crippen LogP contribution in [-0.2, 0) is 0 Å². The topological polar surface area (TPSA) is 115 Å². The van der Waals surface area contributed by atoms with E-state index in [-0.39, 0.29) is 33.9 Å². The van der Waals surface area contributed by atoms with Gasteiger partial charge in [-0.2, -0.15) is 0 Å². The van der Waals surface area contributed by atoms with E-state index >= 15 is 0 Å². The molecule has 0 radical (unpaired) electrons. The minimum Gasteiger partial charge on any atom is -0.397 e. The molecule has 0 saturated heterocycles. The molecule has 7 heteroatoms. The summed E-state index contributed by atoms with van der Waals surface area (Å²) in [5, 5.41) is 2.87. The average molecular weight is 416 g/mol. The molecule has 1 amide bonds. The van der Waals surface area contributed by atoms with Gasteiger partial charge in [0.05, 0.1) is 50.1 Å². The molecule has 0 aromatic heterocycles. The zero-order valence-corrected chi connectivity index (χ0v) is 19.1. The van der Waals surface area contributed by atoms with Crippen LogP contribution in [0.3, 0.4) is 0 Å². The van der Waals surface area contributed by atoms with Gasteiger partial charge in [-0.3, -0.25) is 14.4 Å². The van der Waals surface area contributed by atoms with Gasteiger partial charge in [0.1, 0.15) is 0 Å². The van der Waals surface area contributed by atoms with Crippen LogP contribution in [0.15, 0.2) is 30.4 Å². The van der Waals surface area contributed by atoms with E-state index in [9.17, 15) is 14.4 Å². The normalized spacial score (nSPS) is 21.0. The number of allylic oxidation sites excluding steroid dienone is 4. The Hall–Kier alpha value is -2.93. The molecule has 0 bridgehead atoms. The molecule has 0 fully saturated rings. The molecule has 1 aliphatic rings. The Morgan fingerprint density at radius 3 is 1.83 bits per heavy atom. The Balaban J connectivity index is 0.000000656. The van der Waals surface area contributed by atoms with Gasteiger partial charge in [0.15, 0.2) is 11.6 Å². The van der Waals surface area contributed by atoms with Crippen LogP contribution in [0, 0.1) is 11.8 Å². The van der Waals surface area contributed by atoms with Crippen molar-refractivity contribution in [3.63, 3.8) is 0 Å². The average Bonchev–Trinajstić information content (AvgIpc) is 2.68. The number of anilines is 2. The second-order valence-corrected chi connectivity index (χ2v) is 8.43. The number of nitrogen functional groups attached to an aromatic ring is 1. The molecular formula is C23H35N4O3+. The van der Waals surface area contributed by atoms with Gasteiger partial charge < -0.3 is 21.3 Å². The number of carbonyl (C=O) groups is 3. The quantitative estimate of drug-likeness (QED) is 0.519. The Morgan fingerprint density at radius 2 is 1.47 bits per heavy atom. The summed E-state index contributed by atoms with van der Waals surface area (Å²) in [6.45, 7) is 6.84. The Labute approximate surface area is 179 Å². The molecule has 2 atom stereocenters. The van der Waals surface area contributed by atoms with Crippen molar-refractivity contribution in [3.05, 3.63) is 47.1 Å². The lowest BCUT2D eigenvalue weighted by Crippen LogP contribution is -2.33. The van der Waals surface area contributed by atoms with Crippen molar-refractivity contribution in [1.29, 1.82) is 0 Å². The second-order valence-electron chi connectivity index (χ2n) is 8.43. The van der Waals surface area contributed by atoms with Crippen LogP contribution in [0.2, 0.25) is 0 Å². The first kappa shape index (κ1) is 25.1. The lowest BCUT2D eigenvalue weighted by Gasteiger charge is -2.21. The number of rotatable bonds is 3. The van der Waals surface area contributed by atoms with Crippen molar-refractivity contribution < 1.29 is 18.9 Å². The van der Waals surface area contributed by atoms with E-state index in [4.69, 9.17) is 11.5 Å². The summed E-state index contributed by atoms with van der Waals surface area (Å²) in [5.41, 5.74) is 12.0. The SMILES string of the molecule is CC[N+](C)(C)C.CNc1cc(C(N)=O)c(N)c2c1C(=O)C(C)/C=C\C=C/C(C)C2=O. The van der Waals surface area contributed by atoms with Crippen LogP contribution in [0.25, 0.3) is 0 Å². The van der Waals surface area contributed by atoms with Crippen molar-refractivity contribution in [2.24, 2.45) is 17.6 Å². The summed E-state index contributed by atoms with van der Waals surface area (Å²) in [6, 6.07) is 1.42. The van der Waals surface area contributed by atoms with Gasteiger partial charge in [-0.05, 0) is 13.0 Å². The molecule has 2 unspecified atom stereocenters. The summed E-state index contributed by atoms with van der Waals surface area (Å²) in [4.78, 5) is 37.4. The van der Waals surface area contributed by atoms with Gasteiger partial charge >= 0.3 is 0 Å². The number of amides is 1. The number of nitrogens with two attached hydrogens (primary N) is 2. The van der Waals surface area contributed by atoms with Gasteiger partial charge in [0.25, 0.3) is 5.91 Å². The van der Waals surface area contributed by atoms with Gasteiger partial charge in [0.2, 0.25) is 0 Å².